The van der Waals surface area contributed by atoms with E-state index < -0.39 is 0 Å². The molecule has 0 radical (unpaired) electrons. The number of carbonyl (C=O) groups is 1. The molecular weight excluding hydrogens is 270 g/mol. The van der Waals surface area contributed by atoms with E-state index >= 15 is 0 Å². The first-order chi connectivity index (χ1) is 10.1. The molecule has 1 aliphatic heterocycles. The molecule has 7 nitrogen and oxygen atoms in total. The molecule has 118 valence electrons. The Morgan fingerprint density at radius 1 is 1.57 bits per heavy atom. The first kappa shape index (κ1) is 15.9. The van der Waals surface area contributed by atoms with Crippen LogP contribution >= 0.6 is 0 Å². The van der Waals surface area contributed by atoms with Gasteiger partial charge in [-0.05, 0) is 20.9 Å². The van der Waals surface area contributed by atoms with Crippen LogP contribution in [0.1, 0.15) is 19.9 Å². The van der Waals surface area contributed by atoms with Crippen LogP contribution in [0, 0.1) is 0 Å². The molecule has 1 atom stereocenters. The quantitative estimate of drug-likeness (QED) is 0.791. The summed E-state index contributed by atoms with van der Waals surface area (Å²) in [4.78, 5) is 14.3. The van der Waals surface area contributed by atoms with E-state index in [1.807, 2.05) is 27.0 Å². The van der Waals surface area contributed by atoms with Gasteiger partial charge < -0.3 is 15.4 Å². The summed E-state index contributed by atoms with van der Waals surface area (Å²) in [5.74, 6) is 0.734. The third-order valence-corrected chi connectivity index (χ3v) is 3.45. The minimum atomic E-state index is -0.0116. The van der Waals surface area contributed by atoms with Gasteiger partial charge in [0.2, 0.25) is 5.91 Å². The van der Waals surface area contributed by atoms with Crippen molar-refractivity contribution < 1.29 is 9.53 Å². The van der Waals surface area contributed by atoms with Crippen molar-refractivity contribution in [1.29, 1.82) is 0 Å². The number of amides is 1. The first-order valence-corrected chi connectivity index (χ1v) is 7.42. The number of hydrogen-bond donors (Lipinski definition) is 2. The van der Waals surface area contributed by atoms with Crippen LogP contribution in [0.5, 0.6) is 0 Å². The lowest BCUT2D eigenvalue weighted by Gasteiger charge is -2.32. The molecule has 1 aliphatic rings. The molecule has 2 heterocycles. The summed E-state index contributed by atoms with van der Waals surface area (Å²) >= 11 is 0. The van der Waals surface area contributed by atoms with Crippen molar-refractivity contribution in [2.45, 2.75) is 26.0 Å². The lowest BCUT2D eigenvalue weighted by molar-refractivity contribution is -0.119. The van der Waals surface area contributed by atoms with Gasteiger partial charge in [0.1, 0.15) is 5.82 Å². The number of morpholine rings is 1. The summed E-state index contributed by atoms with van der Waals surface area (Å²) in [6.45, 7) is 7.49. The lowest BCUT2D eigenvalue weighted by Crippen LogP contribution is -2.48. The van der Waals surface area contributed by atoms with Gasteiger partial charge in [-0.1, -0.05) is 0 Å². The fraction of sp³-hybridized carbons (Fsp3) is 0.714. The topological polar surface area (TPSA) is 71.4 Å². The number of ether oxygens (including phenoxy) is 1. The van der Waals surface area contributed by atoms with Crippen molar-refractivity contribution >= 4 is 11.7 Å². The van der Waals surface area contributed by atoms with E-state index in [0.29, 0.717) is 13.2 Å². The van der Waals surface area contributed by atoms with Gasteiger partial charge in [-0.2, -0.15) is 5.10 Å². The van der Waals surface area contributed by atoms with Gasteiger partial charge in [0.15, 0.2) is 0 Å². The highest BCUT2D eigenvalue weighted by atomic mass is 16.5. The highest BCUT2D eigenvalue weighted by Gasteiger charge is 2.22. The van der Waals surface area contributed by atoms with Gasteiger partial charge in [0.05, 0.1) is 25.5 Å². The van der Waals surface area contributed by atoms with Crippen LogP contribution in [0.4, 0.5) is 5.82 Å². The predicted molar refractivity (Wildman–Crippen MR) is 81.3 cm³/mol. The molecule has 2 rings (SSSR count). The van der Waals surface area contributed by atoms with Crippen molar-refractivity contribution in [2.75, 3.05) is 45.2 Å². The van der Waals surface area contributed by atoms with Crippen molar-refractivity contribution in [1.82, 2.24) is 20.0 Å². The highest BCUT2D eigenvalue weighted by molar-refractivity contribution is 5.91. The zero-order chi connectivity index (χ0) is 15.2. The van der Waals surface area contributed by atoms with E-state index in [2.05, 4.69) is 20.6 Å². The first-order valence-electron chi connectivity index (χ1n) is 7.42. The maximum absolute atomic E-state index is 12.2. The van der Waals surface area contributed by atoms with E-state index in [1.165, 1.54) is 0 Å². The standard InChI is InChI=1S/C14H25N5O2/c1-11(2)19-13(4-5-16-19)17-14(20)10-18-6-7-21-12(9-18)8-15-3/h4-5,11-12,15H,6-10H2,1-3H3,(H,17,20). The van der Waals surface area contributed by atoms with Gasteiger partial charge >= 0.3 is 0 Å². The Morgan fingerprint density at radius 2 is 2.38 bits per heavy atom. The Bertz CT molecular complexity index is 458. The van der Waals surface area contributed by atoms with Crippen LogP contribution in [0.3, 0.4) is 0 Å². The third kappa shape index (κ3) is 4.52. The molecule has 1 fully saturated rings. The monoisotopic (exact) mass is 295 g/mol. The number of nitrogens with one attached hydrogen (secondary N) is 2. The van der Waals surface area contributed by atoms with Gasteiger partial charge in [-0.3, -0.25) is 9.69 Å². The maximum Gasteiger partial charge on any atom is 0.239 e. The zero-order valence-corrected chi connectivity index (χ0v) is 13.0. The number of aromatic nitrogens is 2. The number of hydrogen-bond acceptors (Lipinski definition) is 5. The summed E-state index contributed by atoms with van der Waals surface area (Å²) < 4.78 is 7.44. The molecule has 1 unspecified atom stereocenters. The zero-order valence-electron chi connectivity index (χ0n) is 13.0. The van der Waals surface area contributed by atoms with Gasteiger partial charge in [0.25, 0.3) is 0 Å². The lowest BCUT2D eigenvalue weighted by atomic mass is 10.2. The SMILES string of the molecule is CNCC1CN(CC(=O)Nc2ccnn2C(C)C)CCO1. The van der Waals surface area contributed by atoms with Gasteiger partial charge in [-0.25, -0.2) is 4.68 Å². The third-order valence-electron chi connectivity index (χ3n) is 3.45. The molecule has 1 aromatic rings. The van der Waals surface area contributed by atoms with E-state index in [1.54, 1.807) is 10.9 Å². The number of likely N-dealkylation sites (N-methyl/N-ethyl adjacent to an activating group) is 1. The second-order valence-electron chi connectivity index (χ2n) is 5.59. The number of carbonyl (C=O) groups excluding carboxylic acids is 1. The minimum Gasteiger partial charge on any atom is -0.374 e. The molecule has 1 amide bonds. The van der Waals surface area contributed by atoms with Crippen molar-refractivity contribution in [3.8, 4) is 0 Å². The Kier molecular flexibility index (Phi) is 5.72. The molecule has 7 heteroatoms. The number of rotatable bonds is 6. The second-order valence-corrected chi connectivity index (χ2v) is 5.59. The molecular formula is C14H25N5O2. The Morgan fingerprint density at radius 3 is 3.10 bits per heavy atom. The largest absolute Gasteiger partial charge is 0.374 e. The summed E-state index contributed by atoms with van der Waals surface area (Å²) in [7, 11) is 1.90. The van der Waals surface area contributed by atoms with Crippen LogP contribution in [0.2, 0.25) is 0 Å². The maximum atomic E-state index is 12.2. The van der Waals surface area contributed by atoms with Crippen LogP contribution in [0.25, 0.3) is 0 Å². The molecule has 0 bridgehead atoms. The normalized spacial score (nSPS) is 19.9. The van der Waals surface area contributed by atoms with Gasteiger partial charge in [-0.15, -0.1) is 0 Å². The molecule has 21 heavy (non-hydrogen) atoms. The average Bonchev–Trinajstić information content (AvgIpc) is 2.87. The summed E-state index contributed by atoms with van der Waals surface area (Å²) in [5.41, 5.74) is 0. The molecule has 1 saturated heterocycles. The van der Waals surface area contributed by atoms with E-state index in [4.69, 9.17) is 4.74 Å². The van der Waals surface area contributed by atoms with E-state index in [9.17, 15) is 4.79 Å². The second kappa shape index (κ2) is 7.53. The molecule has 0 spiro atoms. The fourth-order valence-corrected chi connectivity index (χ4v) is 2.49. The van der Waals surface area contributed by atoms with E-state index in [0.717, 1.165) is 25.5 Å². The Balaban J connectivity index is 1.85. The molecule has 2 N–H and O–H groups in total. The Labute approximate surface area is 125 Å². The number of anilines is 1. The highest BCUT2D eigenvalue weighted by Crippen LogP contribution is 2.13. The minimum absolute atomic E-state index is 0.0116. The molecule has 0 saturated carbocycles. The van der Waals surface area contributed by atoms with Crippen molar-refractivity contribution in [3.63, 3.8) is 0 Å². The molecule has 1 aromatic heterocycles. The number of nitrogens with zero attached hydrogens (tertiary/aromatic N) is 3. The summed E-state index contributed by atoms with van der Waals surface area (Å²) in [5, 5.41) is 10.2. The summed E-state index contributed by atoms with van der Waals surface area (Å²) in [6.07, 6.45) is 1.85. The van der Waals surface area contributed by atoms with Crippen LogP contribution < -0.4 is 10.6 Å². The summed E-state index contributed by atoms with van der Waals surface area (Å²) in [6, 6.07) is 2.04. The predicted octanol–water partition coefficient (Wildman–Crippen LogP) is 0.323. The van der Waals surface area contributed by atoms with Gasteiger partial charge in [0, 0.05) is 31.7 Å². The average molecular weight is 295 g/mol. The molecule has 0 aliphatic carbocycles. The van der Waals surface area contributed by atoms with Crippen LogP contribution in [-0.4, -0.2) is 66.5 Å². The molecule has 0 aromatic carbocycles. The fourth-order valence-electron chi connectivity index (χ4n) is 2.49. The van der Waals surface area contributed by atoms with Crippen LogP contribution in [0.15, 0.2) is 12.3 Å². The Hall–Kier alpha value is -1.44. The van der Waals surface area contributed by atoms with Crippen molar-refractivity contribution in [2.24, 2.45) is 0 Å². The smallest absolute Gasteiger partial charge is 0.239 e. The van der Waals surface area contributed by atoms with Crippen LogP contribution in [-0.2, 0) is 9.53 Å². The van der Waals surface area contributed by atoms with E-state index in [-0.39, 0.29) is 18.1 Å². The van der Waals surface area contributed by atoms with Crippen molar-refractivity contribution in [3.05, 3.63) is 12.3 Å².